The number of aliphatic hydroxyl groups is 2. The van der Waals surface area contributed by atoms with Crippen molar-refractivity contribution in [2.45, 2.75) is 57.7 Å². The molecular weight excluding hydrogens is 328 g/mol. The lowest BCUT2D eigenvalue weighted by Gasteiger charge is -2.19. The number of hydrogen-bond donors (Lipinski definition) is 3. The Morgan fingerprint density at radius 3 is 2.88 bits per heavy atom. The van der Waals surface area contributed by atoms with Crippen molar-refractivity contribution in [2.24, 2.45) is 17.8 Å². The fraction of sp³-hybridized carbons (Fsp3) is 0.762. The lowest BCUT2D eigenvalue weighted by Crippen LogP contribution is -2.33. The average molecular weight is 365 g/mol. The van der Waals surface area contributed by atoms with Crippen molar-refractivity contribution in [1.82, 2.24) is 10.2 Å². The van der Waals surface area contributed by atoms with Gasteiger partial charge in [-0.2, -0.15) is 0 Å². The summed E-state index contributed by atoms with van der Waals surface area (Å²) in [5, 5.41) is 23.7. The van der Waals surface area contributed by atoms with Gasteiger partial charge in [-0.05, 0) is 31.1 Å². The number of carbonyl (C=O) groups excluding carboxylic acids is 1. The Hall–Kier alpha value is -1.17. The van der Waals surface area contributed by atoms with Gasteiger partial charge < -0.3 is 20.4 Å². The topological polar surface area (TPSA) is 72.8 Å². The molecule has 0 saturated heterocycles. The molecule has 0 radical (unpaired) electrons. The van der Waals surface area contributed by atoms with E-state index in [0.29, 0.717) is 18.4 Å². The first-order valence-electron chi connectivity index (χ1n) is 10.1. The van der Waals surface area contributed by atoms with Crippen molar-refractivity contribution < 1.29 is 15.0 Å². The molecule has 5 nitrogen and oxygen atoms in total. The third-order valence-electron chi connectivity index (χ3n) is 5.74. The fourth-order valence-corrected chi connectivity index (χ4v) is 4.18. The summed E-state index contributed by atoms with van der Waals surface area (Å²) >= 11 is 0. The number of unbranched alkanes of at least 4 members (excludes halogenated alkanes) is 2. The summed E-state index contributed by atoms with van der Waals surface area (Å²) in [5.74, 6) is 1.04. The summed E-state index contributed by atoms with van der Waals surface area (Å²) in [7, 11) is 3.52. The molecule has 0 aromatic heterocycles. The van der Waals surface area contributed by atoms with E-state index in [-0.39, 0.29) is 17.9 Å². The van der Waals surface area contributed by atoms with E-state index in [9.17, 15) is 15.0 Å². The second-order valence-electron chi connectivity index (χ2n) is 8.08. The number of fused-ring (bicyclic) bond motifs is 1. The minimum Gasteiger partial charge on any atom is -0.392 e. The first kappa shape index (κ1) is 21.1. The van der Waals surface area contributed by atoms with Crippen LogP contribution in [0.1, 0.15) is 45.4 Å². The summed E-state index contributed by atoms with van der Waals surface area (Å²) in [6, 6.07) is 0. The molecule has 0 bridgehead atoms. The molecule has 1 fully saturated rings. The Labute approximate surface area is 158 Å². The summed E-state index contributed by atoms with van der Waals surface area (Å²) in [6.45, 7) is 3.25. The highest BCUT2D eigenvalue weighted by molar-refractivity contribution is 5.77. The first-order chi connectivity index (χ1) is 12.4. The number of likely N-dealkylation sites (N-methyl/N-ethyl adjacent to an activating group) is 1. The molecule has 0 heterocycles. The standard InChI is InChI=1S/C21H36N2O3/c1-4-5-6-7-17(24)8-9-18-19-11-15(10-16(19)12-20(18)25)13-22-14-21(26)23(2)3/h8-10,16-20,22,24-25H,4-7,11-14H2,1-3H3/t16-,17-,18+,19-,20+/m0/s1. The van der Waals surface area contributed by atoms with Gasteiger partial charge in [0.15, 0.2) is 0 Å². The molecule has 0 aromatic rings. The normalized spacial score (nSPS) is 29.0. The van der Waals surface area contributed by atoms with Gasteiger partial charge in [-0.15, -0.1) is 0 Å². The van der Waals surface area contributed by atoms with E-state index >= 15 is 0 Å². The predicted octanol–water partition coefficient (Wildman–Crippen LogP) is 2.10. The van der Waals surface area contributed by atoms with Gasteiger partial charge in [-0.1, -0.05) is 50.0 Å². The summed E-state index contributed by atoms with van der Waals surface area (Å²) < 4.78 is 0. The molecule has 5 atom stereocenters. The van der Waals surface area contributed by atoms with Gasteiger partial charge in [0.1, 0.15) is 0 Å². The monoisotopic (exact) mass is 364 g/mol. The van der Waals surface area contributed by atoms with E-state index in [4.69, 9.17) is 0 Å². The minimum atomic E-state index is -0.402. The fourth-order valence-electron chi connectivity index (χ4n) is 4.18. The zero-order valence-corrected chi connectivity index (χ0v) is 16.5. The predicted molar refractivity (Wildman–Crippen MR) is 105 cm³/mol. The number of nitrogens with one attached hydrogen (secondary N) is 1. The molecule has 3 N–H and O–H groups in total. The Bertz CT molecular complexity index is 515. The van der Waals surface area contributed by atoms with Crippen LogP contribution in [0.2, 0.25) is 0 Å². The number of carbonyl (C=O) groups is 1. The van der Waals surface area contributed by atoms with Crippen LogP contribution in [0.4, 0.5) is 0 Å². The highest BCUT2D eigenvalue weighted by Gasteiger charge is 2.43. The van der Waals surface area contributed by atoms with Crippen LogP contribution in [-0.4, -0.2) is 60.4 Å². The zero-order chi connectivity index (χ0) is 19.1. The maximum absolute atomic E-state index is 11.6. The highest BCUT2D eigenvalue weighted by Crippen LogP contribution is 2.47. The van der Waals surface area contributed by atoms with Gasteiger partial charge in [0.2, 0.25) is 5.91 Å². The SMILES string of the molecule is CCCCC[C@H](O)C=C[C@@H]1[C@H]2CC(CNCC(=O)N(C)C)=C[C@H]2C[C@H]1O. The van der Waals surface area contributed by atoms with E-state index < -0.39 is 6.10 Å². The molecule has 0 unspecified atom stereocenters. The lowest BCUT2D eigenvalue weighted by molar-refractivity contribution is -0.127. The van der Waals surface area contributed by atoms with Crippen molar-refractivity contribution in [3.63, 3.8) is 0 Å². The van der Waals surface area contributed by atoms with Crippen molar-refractivity contribution in [1.29, 1.82) is 0 Å². The van der Waals surface area contributed by atoms with Crippen LogP contribution < -0.4 is 5.32 Å². The van der Waals surface area contributed by atoms with E-state index in [1.54, 1.807) is 19.0 Å². The van der Waals surface area contributed by atoms with Crippen LogP contribution in [0.5, 0.6) is 0 Å². The zero-order valence-electron chi connectivity index (χ0n) is 16.5. The number of rotatable bonds is 10. The van der Waals surface area contributed by atoms with Crippen molar-refractivity contribution in [2.75, 3.05) is 27.2 Å². The van der Waals surface area contributed by atoms with Gasteiger partial charge in [0, 0.05) is 26.6 Å². The third-order valence-corrected chi connectivity index (χ3v) is 5.74. The molecule has 2 aliphatic rings. The van der Waals surface area contributed by atoms with Crippen LogP contribution in [0.25, 0.3) is 0 Å². The number of aliphatic hydroxyl groups excluding tert-OH is 2. The van der Waals surface area contributed by atoms with Crippen LogP contribution in [-0.2, 0) is 4.79 Å². The van der Waals surface area contributed by atoms with Crippen LogP contribution in [0.3, 0.4) is 0 Å². The number of nitrogens with zero attached hydrogens (tertiary/aromatic N) is 1. The molecule has 5 heteroatoms. The Morgan fingerprint density at radius 1 is 1.42 bits per heavy atom. The van der Waals surface area contributed by atoms with Crippen LogP contribution >= 0.6 is 0 Å². The summed E-state index contributed by atoms with van der Waals surface area (Å²) in [6.07, 6.45) is 11.4. The molecule has 148 valence electrons. The summed E-state index contributed by atoms with van der Waals surface area (Å²) in [5.41, 5.74) is 1.33. The Kier molecular flexibility index (Phi) is 8.32. The molecule has 0 spiro atoms. The Balaban J connectivity index is 1.80. The number of amides is 1. The largest absolute Gasteiger partial charge is 0.392 e. The third kappa shape index (κ3) is 5.93. The van der Waals surface area contributed by atoms with Crippen molar-refractivity contribution >= 4 is 5.91 Å². The van der Waals surface area contributed by atoms with E-state index in [2.05, 4.69) is 18.3 Å². The molecule has 26 heavy (non-hydrogen) atoms. The number of allylic oxidation sites excluding steroid dienone is 1. The van der Waals surface area contributed by atoms with Gasteiger partial charge in [0.05, 0.1) is 18.8 Å². The van der Waals surface area contributed by atoms with Crippen molar-refractivity contribution in [3.8, 4) is 0 Å². The quantitative estimate of drug-likeness (QED) is 0.410. The molecule has 2 aliphatic carbocycles. The molecule has 2 rings (SSSR count). The molecular formula is C21H36N2O3. The van der Waals surface area contributed by atoms with Crippen LogP contribution in [0, 0.1) is 17.8 Å². The second-order valence-corrected chi connectivity index (χ2v) is 8.08. The van der Waals surface area contributed by atoms with Gasteiger partial charge >= 0.3 is 0 Å². The van der Waals surface area contributed by atoms with Gasteiger partial charge in [-0.25, -0.2) is 0 Å². The lowest BCUT2D eigenvalue weighted by atomic mass is 9.89. The van der Waals surface area contributed by atoms with E-state index in [0.717, 1.165) is 45.1 Å². The van der Waals surface area contributed by atoms with Gasteiger partial charge in [0.25, 0.3) is 0 Å². The van der Waals surface area contributed by atoms with Gasteiger partial charge in [-0.3, -0.25) is 4.79 Å². The smallest absolute Gasteiger partial charge is 0.236 e. The molecule has 0 aromatic carbocycles. The minimum absolute atomic E-state index is 0.0806. The van der Waals surface area contributed by atoms with E-state index in [1.807, 2.05) is 12.2 Å². The summed E-state index contributed by atoms with van der Waals surface area (Å²) in [4.78, 5) is 13.2. The number of hydrogen-bond acceptors (Lipinski definition) is 4. The second kappa shape index (κ2) is 10.2. The van der Waals surface area contributed by atoms with E-state index in [1.165, 1.54) is 5.57 Å². The molecule has 1 saturated carbocycles. The van der Waals surface area contributed by atoms with Crippen LogP contribution in [0.15, 0.2) is 23.8 Å². The molecule has 0 aliphatic heterocycles. The van der Waals surface area contributed by atoms with Crippen molar-refractivity contribution in [3.05, 3.63) is 23.8 Å². The maximum atomic E-state index is 11.6. The average Bonchev–Trinajstić information content (AvgIpc) is 3.09. The highest BCUT2D eigenvalue weighted by atomic mass is 16.3. The first-order valence-corrected chi connectivity index (χ1v) is 10.1. The molecule has 1 amide bonds. The Morgan fingerprint density at radius 2 is 2.19 bits per heavy atom. The maximum Gasteiger partial charge on any atom is 0.236 e.